The molecule has 0 N–H and O–H groups in total. The van der Waals surface area contributed by atoms with Crippen LogP contribution in [-0.2, 0) is 0 Å². The fourth-order valence-electron chi connectivity index (χ4n) is 0.811. The van der Waals surface area contributed by atoms with Crippen LogP contribution in [0.3, 0.4) is 0 Å². The molecule has 2 aromatic heterocycles. The van der Waals surface area contributed by atoms with E-state index in [1.165, 1.54) is 11.3 Å². The highest BCUT2D eigenvalue weighted by atomic mass is 35.5. The molecule has 0 atom stereocenters. The third kappa shape index (κ3) is 1.44. The van der Waals surface area contributed by atoms with Crippen molar-refractivity contribution in [3.05, 3.63) is 29.0 Å². The third-order valence-corrected chi connectivity index (χ3v) is 2.38. The Morgan fingerprint density at radius 3 is 2.83 bits per heavy atom. The Kier molecular flexibility index (Phi) is 2.01. The molecule has 0 unspecified atom stereocenters. The SMILES string of the molecule is Clc1nnc(-c2cccnc2)s1. The quantitative estimate of drug-likeness (QED) is 0.704. The molecule has 12 heavy (non-hydrogen) atoms. The van der Waals surface area contributed by atoms with Crippen molar-refractivity contribution in [2.45, 2.75) is 0 Å². The van der Waals surface area contributed by atoms with Crippen LogP contribution < -0.4 is 0 Å². The van der Waals surface area contributed by atoms with E-state index in [9.17, 15) is 0 Å². The Hall–Kier alpha value is -1.00. The van der Waals surface area contributed by atoms with Crippen LogP contribution in [0.4, 0.5) is 0 Å². The second kappa shape index (κ2) is 3.16. The summed E-state index contributed by atoms with van der Waals surface area (Å²) in [4.78, 5) is 3.97. The van der Waals surface area contributed by atoms with Crippen LogP contribution in [-0.4, -0.2) is 15.2 Å². The van der Waals surface area contributed by atoms with Gasteiger partial charge in [-0.3, -0.25) is 4.98 Å². The fraction of sp³-hybridized carbons (Fsp3) is 0. The molecule has 0 saturated heterocycles. The van der Waals surface area contributed by atoms with Crippen LogP contribution in [0.25, 0.3) is 10.6 Å². The van der Waals surface area contributed by atoms with E-state index < -0.39 is 0 Å². The molecule has 0 bridgehead atoms. The lowest BCUT2D eigenvalue weighted by atomic mass is 10.3. The van der Waals surface area contributed by atoms with Crippen LogP contribution in [0.15, 0.2) is 24.5 Å². The van der Waals surface area contributed by atoms with E-state index in [0.717, 1.165) is 10.6 Å². The van der Waals surface area contributed by atoms with Crippen molar-refractivity contribution in [1.29, 1.82) is 0 Å². The third-order valence-electron chi connectivity index (χ3n) is 1.31. The summed E-state index contributed by atoms with van der Waals surface area (Å²) in [5.74, 6) is 0. The number of nitrogens with zero attached hydrogens (tertiary/aromatic N) is 3. The minimum absolute atomic E-state index is 0.453. The second-order valence-electron chi connectivity index (χ2n) is 2.10. The molecular formula is C7H4ClN3S. The lowest BCUT2D eigenvalue weighted by molar-refractivity contribution is 1.09. The highest BCUT2D eigenvalue weighted by Gasteiger charge is 2.03. The van der Waals surface area contributed by atoms with Gasteiger partial charge in [0.2, 0.25) is 4.47 Å². The van der Waals surface area contributed by atoms with Crippen LogP contribution in [0.1, 0.15) is 0 Å². The molecule has 5 heteroatoms. The minimum atomic E-state index is 0.453. The van der Waals surface area contributed by atoms with Gasteiger partial charge in [0, 0.05) is 18.0 Å². The van der Waals surface area contributed by atoms with Gasteiger partial charge < -0.3 is 0 Å². The number of hydrogen-bond donors (Lipinski definition) is 0. The van der Waals surface area contributed by atoms with Crippen molar-refractivity contribution >= 4 is 22.9 Å². The van der Waals surface area contributed by atoms with Gasteiger partial charge >= 0.3 is 0 Å². The number of halogens is 1. The van der Waals surface area contributed by atoms with Crippen molar-refractivity contribution in [3.63, 3.8) is 0 Å². The average Bonchev–Trinajstić information content (AvgIpc) is 2.54. The summed E-state index contributed by atoms with van der Waals surface area (Å²) >= 11 is 6.98. The van der Waals surface area contributed by atoms with Crippen molar-refractivity contribution in [2.24, 2.45) is 0 Å². The minimum Gasteiger partial charge on any atom is -0.264 e. The van der Waals surface area contributed by atoms with Crippen molar-refractivity contribution in [2.75, 3.05) is 0 Å². The van der Waals surface area contributed by atoms with Gasteiger partial charge in [-0.05, 0) is 23.7 Å². The molecule has 0 aliphatic heterocycles. The zero-order valence-corrected chi connectivity index (χ0v) is 7.51. The number of pyridine rings is 1. The summed E-state index contributed by atoms with van der Waals surface area (Å²) in [6.45, 7) is 0. The van der Waals surface area contributed by atoms with Gasteiger partial charge in [-0.2, -0.15) is 0 Å². The molecule has 0 saturated carbocycles. The Labute approximate surface area is 78.1 Å². The molecule has 0 aromatic carbocycles. The fourth-order valence-corrected chi connectivity index (χ4v) is 1.63. The standard InChI is InChI=1S/C7H4ClN3S/c8-7-11-10-6(12-7)5-2-1-3-9-4-5/h1-4H. The summed E-state index contributed by atoms with van der Waals surface area (Å²) in [5.41, 5.74) is 0.946. The molecule has 0 spiro atoms. The summed E-state index contributed by atoms with van der Waals surface area (Å²) in [6, 6.07) is 3.77. The van der Waals surface area contributed by atoms with E-state index >= 15 is 0 Å². The molecule has 0 amide bonds. The maximum Gasteiger partial charge on any atom is 0.207 e. The topological polar surface area (TPSA) is 38.7 Å². The largest absolute Gasteiger partial charge is 0.264 e. The number of hydrogen-bond acceptors (Lipinski definition) is 4. The van der Waals surface area contributed by atoms with E-state index in [4.69, 9.17) is 11.6 Å². The summed E-state index contributed by atoms with van der Waals surface area (Å²) < 4.78 is 0.453. The maximum atomic E-state index is 5.63. The molecule has 3 nitrogen and oxygen atoms in total. The first-order valence-electron chi connectivity index (χ1n) is 3.25. The highest BCUT2D eigenvalue weighted by Crippen LogP contribution is 2.24. The number of aromatic nitrogens is 3. The van der Waals surface area contributed by atoms with Gasteiger partial charge in [0.1, 0.15) is 5.01 Å². The van der Waals surface area contributed by atoms with Crippen molar-refractivity contribution < 1.29 is 0 Å². The Bertz CT molecular complexity index is 373. The molecule has 0 aliphatic rings. The first-order chi connectivity index (χ1) is 5.86. The normalized spacial score (nSPS) is 10.1. The maximum absolute atomic E-state index is 5.63. The molecule has 0 fully saturated rings. The van der Waals surface area contributed by atoms with E-state index in [-0.39, 0.29) is 0 Å². The molecule has 2 aromatic rings. The summed E-state index contributed by atoms with van der Waals surface area (Å²) in [6.07, 6.45) is 3.45. The first kappa shape index (κ1) is 7.64. The smallest absolute Gasteiger partial charge is 0.207 e. The van der Waals surface area contributed by atoms with Gasteiger partial charge in [0.15, 0.2) is 0 Å². The zero-order valence-electron chi connectivity index (χ0n) is 5.94. The number of rotatable bonds is 1. The predicted molar refractivity (Wildman–Crippen MR) is 48.2 cm³/mol. The lowest BCUT2D eigenvalue weighted by Crippen LogP contribution is -1.76. The van der Waals surface area contributed by atoms with E-state index in [2.05, 4.69) is 15.2 Å². The van der Waals surface area contributed by atoms with Gasteiger partial charge in [-0.25, -0.2) is 0 Å². The second-order valence-corrected chi connectivity index (χ2v) is 3.66. The molecular weight excluding hydrogens is 194 g/mol. The zero-order chi connectivity index (χ0) is 8.39. The Morgan fingerprint density at radius 1 is 1.33 bits per heavy atom. The molecule has 2 heterocycles. The van der Waals surface area contributed by atoms with E-state index in [0.29, 0.717) is 4.47 Å². The van der Waals surface area contributed by atoms with Gasteiger partial charge in [0.05, 0.1) is 0 Å². The van der Waals surface area contributed by atoms with Crippen LogP contribution in [0.5, 0.6) is 0 Å². The van der Waals surface area contributed by atoms with Gasteiger partial charge in [-0.1, -0.05) is 11.3 Å². The monoisotopic (exact) mass is 197 g/mol. The Balaban J connectivity index is 2.45. The van der Waals surface area contributed by atoms with Crippen molar-refractivity contribution in [1.82, 2.24) is 15.2 Å². The Morgan fingerprint density at radius 2 is 2.25 bits per heavy atom. The molecule has 60 valence electrons. The van der Waals surface area contributed by atoms with Crippen LogP contribution in [0, 0.1) is 0 Å². The summed E-state index contributed by atoms with van der Waals surface area (Å²) in [5, 5.41) is 8.38. The van der Waals surface area contributed by atoms with Gasteiger partial charge in [0.25, 0.3) is 0 Å². The summed E-state index contributed by atoms with van der Waals surface area (Å²) in [7, 11) is 0. The average molecular weight is 198 g/mol. The molecule has 0 radical (unpaired) electrons. The van der Waals surface area contributed by atoms with Crippen LogP contribution >= 0.6 is 22.9 Å². The van der Waals surface area contributed by atoms with Crippen molar-refractivity contribution in [3.8, 4) is 10.6 Å². The predicted octanol–water partition coefficient (Wildman–Crippen LogP) is 2.25. The lowest BCUT2D eigenvalue weighted by Gasteiger charge is -1.89. The van der Waals surface area contributed by atoms with E-state index in [1.807, 2.05) is 12.1 Å². The molecule has 2 rings (SSSR count). The van der Waals surface area contributed by atoms with Crippen LogP contribution in [0.2, 0.25) is 4.47 Å². The highest BCUT2D eigenvalue weighted by molar-refractivity contribution is 7.18. The first-order valence-corrected chi connectivity index (χ1v) is 4.45. The van der Waals surface area contributed by atoms with Gasteiger partial charge in [-0.15, -0.1) is 10.2 Å². The molecule has 0 aliphatic carbocycles. The van der Waals surface area contributed by atoms with E-state index in [1.54, 1.807) is 12.4 Å².